The molecule has 8 nitrogen and oxygen atoms in total. The molecule has 0 fully saturated rings. The standard InChI is InChI=1S/C41H36N6O2/c1-2-3-27-45-39(49)28-36(30-48)46(45)29-31-23-25-32(26-24-31)37-21-13-14-22-38(37)40-42-43-44-47(40)41(33-15-7-4-8-16-33,34-17-9-5-10-18-34)35-19-11-6-12-20-35/h4-26,28,30H,2-3,27,29H2,1H3. The Hall–Kier alpha value is -6.15. The zero-order valence-electron chi connectivity index (χ0n) is 27.3. The summed E-state index contributed by atoms with van der Waals surface area (Å²) >= 11 is 0. The molecular weight excluding hydrogens is 608 g/mol. The van der Waals surface area contributed by atoms with Gasteiger partial charge in [-0.15, -0.1) is 5.10 Å². The molecule has 0 spiro atoms. The van der Waals surface area contributed by atoms with Crippen molar-refractivity contribution in [2.45, 2.75) is 38.4 Å². The topological polar surface area (TPSA) is 87.6 Å². The van der Waals surface area contributed by atoms with Crippen LogP contribution in [0.3, 0.4) is 0 Å². The number of tetrazole rings is 1. The van der Waals surface area contributed by atoms with E-state index in [9.17, 15) is 9.59 Å². The highest BCUT2D eigenvalue weighted by Crippen LogP contribution is 2.43. The van der Waals surface area contributed by atoms with Crippen molar-refractivity contribution < 1.29 is 4.79 Å². The van der Waals surface area contributed by atoms with Gasteiger partial charge in [0, 0.05) is 18.2 Å². The maximum absolute atomic E-state index is 12.6. The summed E-state index contributed by atoms with van der Waals surface area (Å²) in [5.41, 5.74) is 6.26. The molecule has 7 aromatic rings. The van der Waals surface area contributed by atoms with Crippen molar-refractivity contribution in [2.24, 2.45) is 0 Å². The summed E-state index contributed by atoms with van der Waals surface area (Å²) in [5.74, 6) is 0.624. The van der Waals surface area contributed by atoms with Crippen LogP contribution in [0.15, 0.2) is 150 Å². The Morgan fingerprint density at radius 3 is 1.78 bits per heavy atom. The molecule has 7 rings (SSSR count). The smallest absolute Gasteiger partial charge is 0.267 e. The van der Waals surface area contributed by atoms with Gasteiger partial charge in [-0.1, -0.05) is 153 Å². The second-order valence-electron chi connectivity index (χ2n) is 12.0. The van der Waals surface area contributed by atoms with Gasteiger partial charge in [0.2, 0.25) is 0 Å². The molecule has 0 atom stereocenters. The van der Waals surface area contributed by atoms with Crippen LogP contribution >= 0.6 is 0 Å². The molecule has 0 N–H and O–H groups in total. The monoisotopic (exact) mass is 644 g/mol. The van der Waals surface area contributed by atoms with E-state index in [2.05, 4.69) is 77.9 Å². The van der Waals surface area contributed by atoms with E-state index in [0.29, 0.717) is 24.6 Å². The molecule has 2 heterocycles. The molecule has 0 bridgehead atoms. The Kier molecular flexibility index (Phi) is 8.93. The fraction of sp³-hybridized carbons (Fsp3) is 0.146. The number of carbonyl (C=O) groups is 1. The van der Waals surface area contributed by atoms with Gasteiger partial charge < -0.3 is 0 Å². The fourth-order valence-corrected chi connectivity index (χ4v) is 6.72. The van der Waals surface area contributed by atoms with E-state index >= 15 is 0 Å². The number of carbonyl (C=O) groups excluding carboxylic acids is 1. The number of benzene rings is 5. The fourth-order valence-electron chi connectivity index (χ4n) is 6.72. The van der Waals surface area contributed by atoms with Crippen LogP contribution in [0.25, 0.3) is 22.5 Å². The molecule has 5 aromatic carbocycles. The van der Waals surface area contributed by atoms with Gasteiger partial charge in [0.1, 0.15) is 11.2 Å². The van der Waals surface area contributed by atoms with Crippen molar-refractivity contribution in [3.63, 3.8) is 0 Å². The van der Waals surface area contributed by atoms with E-state index in [1.54, 1.807) is 9.36 Å². The summed E-state index contributed by atoms with van der Waals surface area (Å²) in [7, 11) is 0. The summed E-state index contributed by atoms with van der Waals surface area (Å²) in [6, 6.07) is 48.9. The summed E-state index contributed by atoms with van der Waals surface area (Å²) in [4.78, 5) is 24.5. The molecule has 2 aromatic heterocycles. The summed E-state index contributed by atoms with van der Waals surface area (Å²) in [5, 5.41) is 13.7. The van der Waals surface area contributed by atoms with Gasteiger partial charge in [0.15, 0.2) is 12.1 Å². The Morgan fingerprint density at radius 2 is 1.22 bits per heavy atom. The minimum atomic E-state index is -0.875. The van der Waals surface area contributed by atoms with Crippen LogP contribution in [-0.2, 0) is 18.6 Å². The van der Waals surface area contributed by atoms with Crippen LogP contribution < -0.4 is 5.56 Å². The minimum Gasteiger partial charge on any atom is -0.296 e. The number of hydrogen-bond donors (Lipinski definition) is 0. The maximum atomic E-state index is 12.6. The van der Waals surface area contributed by atoms with Crippen LogP contribution in [0.4, 0.5) is 0 Å². The zero-order valence-corrected chi connectivity index (χ0v) is 27.3. The summed E-state index contributed by atoms with van der Waals surface area (Å²) < 4.78 is 5.38. The van der Waals surface area contributed by atoms with Gasteiger partial charge in [0.05, 0.1) is 6.54 Å². The molecule has 0 aliphatic heterocycles. The molecule has 0 aliphatic rings. The molecule has 242 valence electrons. The quantitative estimate of drug-likeness (QED) is 0.102. The number of unbranched alkanes of at least 4 members (excludes halogenated alkanes) is 1. The molecule has 0 saturated carbocycles. The zero-order chi connectivity index (χ0) is 33.6. The first-order valence-electron chi connectivity index (χ1n) is 16.5. The van der Waals surface area contributed by atoms with Crippen LogP contribution in [0.1, 0.15) is 52.5 Å². The van der Waals surface area contributed by atoms with E-state index in [1.807, 2.05) is 83.5 Å². The van der Waals surface area contributed by atoms with Crippen molar-refractivity contribution in [1.29, 1.82) is 0 Å². The Labute approximate surface area is 284 Å². The van der Waals surface area contributed by atoms with E-state index < -0.39 is 5.54 Å². The van der Waals surface area contributed by atoms with Crippen molar-refractivity contribution >= 4 is 6.29 Å². The van der Waals surface area contributed by atoms with Crippen molar-refractivity contribution in [2.75, 3.05) is 0 Å². The van der Waals surface area contributed by atoms with Gasteiger partial charge in [-0.3, -0.25) is 14.3 Å². The van der Waals surface area contributed by atoms with Gasteiger partial charge in [-0.25, -0.2) is 9.36 Å². The van der Waals surface area contributed by atoms with Crippen molar-refractivity contribution in [1.82, 2.24) is 29.6 Å². The second-order valence-corrected chi connectivity index (χ2v) is 12.0. The number of hydrogen-bond acceptors (Lipinski definition) is 5. The largest absolute Gasteiger partial charge is 0.296 e. The lowest BCUT2D eigenvalue weighted by Crippen LogP contribution is -2.39. The normalized spacial score (nSPS) is 11.4. The van der Waals surface area contributed by atoms with Crippen molar-refractivity contribution in [3.05, 3.63) is 184 Å². The molecule has 0 amide bonds. The molecule has 0 saturated heterocycles. The van der Waals surface area contributed by atoms with Crippen LogP contribution in [0.5, 0.6) is 0 Å². The Balaban J connectivity index is 1.34. The molecule has 0 radical (unpaired) electrons. The first-order valence-corrected chi connectivity index (χ1v) is 16.5. The molecular formula is C41H36N6O2. The van der Waals surface area contributed by atoms with Gasteiger partial charge >= 0.3 is 0 Å². The third-order valence-electron chi connectivity index (χ3n) is 9.09. The number of nitrogens with zero attached hydrogens (tertiary/aromatic N) is 6. The number of aldehydes is 1. The average molecular weight is 645 g/mol. The molecule has 0 aliphatic carbocycles. The predicted octanol–water partition coefficient (Wildman–Crippen LogP) is 7.47. The maximum Gasteiger partial charge on any atom is 0.267 e. The van der Waals surface area contributed by atoms with E-state index in [-0.39, 0.29) is 5.56 Å². The lowest BCUT2D eigenvalue weighted by Gasteiger charge is -2.36. The first kappa shape index (κ1) is 31.4. The third-order valence-corrected chi connectivity index (χ3v) is 9.09. The van der Waals surface area contributed by atoms with Crippen LogP contribution in [0.2, 0.25) is 0 Å². The first-order chi connectivity index (χ1) is 24.1. The highest BCUT2D eigenvalue weighted by Gasteiger charge is 2.42. The molecule has 49 heavy (non-hydrogen) atoms. The van der Waals surface area contributed by atoms with E-state index in [0.717, 1.165) is 58.1 Å². The summed E-state index contributed by atoms with van der Waals surface area (Å²) in [6.07, 6.45) is 2.56. The third kappa shape index (κ3) is 5.82. The summed E-state index contributed by atoms with van der Waals surface area (Å²) in [6.45, 7) is 3.06. The lowest BCUT2D eigenvalue weighted by atomic mass is 9.77. The number of rotatable bonds is 12. The Bertz CT molecular complexity index is 2120. The average Bonchev–Trinajstić information content (AvgIpc) is 3.77. The van der Waals surface area contributed by atoms with Crippen LogP contribution in [0, 0.1) is 0 Å². The van der Waals surface area contributed by atoms with Gasteiger partial charge in [-0.05, 0) is 50.2 Å². The second kappa shape index (κ2) is 13.9. The van der Waals surface area contributed by atoms with E-state index in [1.165, 1.54) is 6.07 Å². The molecule has 0 unspecified atom stereocenters. The van der Waals surface area contributed by atoms with Gasteiger partial charge in [0.25, 0.3) is 5.56 Å². The van der Waals surface area contributed by atoms with Crippen molar-refractivity contribution in [3.8, 4) is 22.5 Å². The molecule has 8 heteroatoms. The SMILES string of the molecule is CCCCn1c(=O)cc(C=O)n1Cc1ccc(-c2ccccc2-c2nnnn2C(c2ccccc2)(c2ccccc2)c2ccccc2)cc1. The van der Waals surface area contributed by atoms with Gasteiger partial charge in [-0.2, -0.15) is 0 Å². The highest BCUT2D eigenvalue weighted by molar-refractivity contribution is 5.81. The highest BCUT2D eigenvalue weighted by atomic mass is 16.1. The Morgan fingerprint density at radius 1 is 0.673 bits per heavy atom. The van der Waals surface area contributed by atoms with E-state index in [4.69, 9.17) is 5.21 Å². The van der Waals surface area contributed by atoms with Crippen LogP contribution in [-0.4, -0.2) is 35.9 Å². The lowest BCUT2D eigenvalue weighted by molar-refractivity contribution is 0.111. The number of aromatic nitrogens is 6. The minimum absolute atomic E-state index is 0.156. The predicted molar refractivity (Wildman–Crippen MR) is 191 cm³/mol.